The predicted octanol–water partition coefficient (Wildman–Crippen LogP) is 2.04. The summed E-state index contributed by atoms with van der Waals surface area (Å²) in [6.07, 6.45) is 8.62. The number of hydrogen-bond donors (Lipinski definition) is 1. The van der Waals surface area contributed by atoms with Gasteiger partial charge in [0.05, 0.1) is 0 Å². The number of hydrogen-bond acceptors (Lipinski definition) is 3. The van der Waals surface area contributed by atoms with Crippen LogP contribution in [0.4, 0.5) is 0 Å². The quantitative estimate of drug-likeness (QED) is 0.890. The van der Waals surface area contributed by atoms with Crippen molar-refractivity contribution in [2.75, 3.05) is 13.1 Å². The molecule has 0 amide bonds. The Bertz CT molecular complexity index is 398. The molecule has 1 aromatic rings. The van der Waals surface area contributed by atoms with E-state index in [1.54, 1.807) is 0 Å². The van der Waals surface area contributed by atoms with E-state index in [1.165, 1.54) is 50.2 Å². The van der Waals surface area contributed by atoms with Crippen LogP contribution < -0.4 is 5.32 Å². The summed E-state index contributed by atoms with van der Waals surface area (Å²) in [5.41, 5.74) is 0.294. The average Bonchev–Trinajstić information content (AvgIpc) is 2.84. The van der Waals surface area contributed by atoms with Gasteiger partial charge in [-0.25, -0.2) is 0 Å². The van der Waals surface area contributed by atoms with Crippen LogP contribution >= 0.6 is 0 Å². The van der Waals surface area contributed by atoms with Gasteiger partial charge in [-0.1, -0.05) is 13.3 Å². The first-order chi connectivity index (χ1) is 8.86. The maximum Gasteiger partial charge on any atom is 0.139 e. The highest BCUT2D eigenvalue weighted by Gasteiger charge is 2.38. The summed E-state index contributed by atoms with van der Waals surface area (Å²) in [6.45, 7) is 5.68. The zero-order valence-electron chi connectivity index (χ0n) is 11.4. The van der Waals surface area contributed by atoms with Gasteiger partial charge in [0.2, 0.25) is 0 Å². The highest BCUT2D eigenvalue weighted by Crippen LogP contribution is 2.37. The normalized spacial score (nSPS) is 22.7. The Balaban J connectivity index is 1.96. The van der Waals surface area contributed by atoms with Crippen molar-refractivity contribution in [3.05, 3.63) is 11.6 Å². The Labute approximate surface area is 109 Å². The maximum atomic E-state index is 4.60. The smallest absolute Gasteiger partial charge is 0.139 e. The van der Waals surface area contributed by atoms with Gasteiger partial charge in [-0.15, -0.1) is 10.2 Å². The Morgan fingerprint density at radius 1 is 1.22 bits per heavy atom. The summed E-state index contributed by atoms with van der Waals surface area (Å²) in [5.74, 6) is 2.52. The van der Waals surface area contributed by atoms with Crippen molar-refractivity contribution < 1.29 is 0 Å². The third-order valence-corrected chi connectivity index (χ3v) is 4.62. The lowest BCUT2D eigenvalue weighted by Crippen LogP contribution is -2.42. The van der Waals surface area contributed by atoms with Gasteiger partial charge in [0.25, 0.3) is 0 Å². The lowest BCUT2D eigenvalue weighted by atomic mass is 9.74. The summed E-state index contributed by atoms with van der Waals surface area (Å²) in [7, 11) is 0. The summed E-state index contributed by atoms with van der Waals surface area (Å²) < 4.78 is 2.44. The van der Waals surface area contributed by atoms with E-state index in [4.69, 9.17) is 0 Å². The van der Waals surface area contributed by atoms with Crippen molar-refractivity contribution in [3.63, 3.8) is 0 Å². The van der Waals surface area contributed by atoms with E-state index in [9.17, 15) is 0 Å². The highest BCUT2D eigenvalue weighted by atomic mass is 15.3. The van der Waals surface area contributed by atoms with Crippen molar-refractivity contribution in [2.45, 2.75) is 63.8 Å². The fraction of sp³-hybridized carbons (Fsp3) is 0.857. The lowest BCUT2D eigenvalue weighted by molar-refractivity contribution is 0.258. The van der Waals surface area contributed by atoms with Crippen LogP contribution in [-0.2, 0) is 18.4 Å². The van der Waals surface area contributed by atoms with E-state index < -0.39 is 0 Å². The van der Waals surface area contributed by atoms with E-state index in [2.05, 4.69) is 27.0 Å². The first kappa shape index (κ1) is 12.2. The highest BCUT2D eigenvalue weighted by molar-refractivity contribution is 5.14. The molecule has 2 aliphatic rings. The average molecular weight is 248 g/mol. The first-order valence-corrected chi connectivity index (χ1v) is 7.49. The van der Waals surface area contributed by atoms with Gasteiger partial charge in [-0.2, -0.15) is 0 Å². The standard InChI is InChI=1S/C14H24N4/c1-2-6-14(7-9-15-10-8-14)13-17-16-12-5-3-4-11-18(12)13/h15H,2-11H2,1H3. The van der Waals surface area contributed by atoms with E-state index in [0.717, 1.165) is 26.1 Å². The number of aromatic nitrogens is 3. The molecule has 3 heterocycles. The van der Waals surface area contributed by atoms with Crippen LogP contribution in [0.15, 0.2) is 0 Å². The zero-order valence-corrected chi connectivity index (χ0v) is 11.4. The Morgan fingerprint density at radius 3 is 2.83 bits per heavy atom. The van der Waals surface area contributed by atoms with Gasteiger partial charge < -0.3 is 9.88 Å². The third kappa shape index (κ3) is 1.96. The van der Waals surface area contributed by atoms with Crippen LogP contribution in [0.25, 0.3) is 0 Å². The van der Waals surface area contributed by atoms with Gasteiger partial charge in [-0.3, -0.25) is 0 Å². The molecule has 1 fully saturated rings. The van der Waals surface area contributed by atoms with Crippen LogP contribution in [0.1, 0.15) is 57.1 Å². The summed E-state index contributed by atoms with van der Waals surface area (Å²) >= 11 is 0. The maximum absolute atomic E-state index is 4.60. The Hall–Kier alpha value is -0.900. The van der Waals surface area contributed by atoms with E-state index >= 15 is 0 Å². The van der Waals surface area contributed by atoms with Crippen molar-refractivity contribution in [1.82, 2.24) is 20.1 Å². The number of nitrogens with zero attached hydrogens (tertiary/aromatic N) is 3. The van der Waals surface area contributed by atoms with Crippen molar-refractivity contribution in [1.29, 1.82) is 0 Å². The second-order valence-electron chi connectivity index (χ2n) is 5.83. The van der Waals surface area contributed by atoms with E-state index in [1.807, 2.05) is 0 Å². The molecule has 0 aliphatic carbocycles. The molecule has 3 rings (SSSR count). The summed E-state index contributed by atoms with van der Waals surface area (Å²) in [5, 5.41) is 12.5. The Kier molecular flexibility index (Phi) is 3.37. The molecule has 18 heavy (non-hydrogen) atoms. The molecule has 0 atom stereocenters. The molecule has 0 spiro atoms. The van der Waals surface area contributed by atoms with Gasteiger partial charge >= 0.3 is 0 Å². The van der Waals surface area contributed by atoms with Crippen molar-refractivity contribution in [2.24, 2.45) is 0 Å². The second kappa shape index (κ2) is 5.00. The van der Waals surface area contributed by atoms with E-state index in [0.29, 0.717) is 5.41 Å². The van der Waals surface area contributed by atoms with E-state index in [-0.39, 0.29) is 0 Å². The van der Waals surface area contributed by atoms with Crippen molar-refractivity contribution >= 4 is 0 Å². The van der Waals surface area contributed by atoms with Crippen LogP contribution in [0.2, 0.25) is 0 Å². The molecular weight excluding hydrogens is 224 g/mol. The topological polar surface area (TPSA) is 42.7 Å². The van der Waals surface area contributed by atoms with Gasteiger partial charge in [-0.05, 0) is 45.2 Å². The summed E-state index contributed by atoms with van der Waals surface area (Å²) in [6, 6.07) is 0. The molecule has 0 aromatic carbocycles. The van der Waals surface area contributed by atoms with Crippen LogP contribution in [0, 0.1) is 0 Å². The molecule has 2 aliphatic heterocycles. The number of piperidine rings is 1. The SMILES string of the molecule is CCCC1(c2nnc3n2CCCC3)CCNCC1. The predicted molar refractivity (Wildman–Crippen MR) is 71.6 cm³/mol. The molecular formula is C14H24N4. The molecule has 1 aromatic heterocycles. The van der Waals surface area contributed by atoms with Gasteiger partial charge in [0, 0.05) is 18.4 Å². The van der Waals surface area contributed by atoms with Crippen LogP contribution in [-0.4, -0.2) is 27.9 Å². The van der Waals surface area contributed by atoms with Gasteiger partial charge in [0.15, 0.2) is 0 Å². The number of nitrogens with one attached hydrogen (secondary N) is 1. The molecule has 0 unspecified atom stereocenters. The monoisotopic (exact) mass is 248 g/mol. The van der Waals surface area contributed by atoms with Gasteiger partial charge in [0.1, 0.15) is 11.6 Å². The summed E-state index contributed by atoms with van der Waals surface area (Å²) in [4.78, 5) is 0. The molecule has 4 heteroatoms. The van der Waals surface area contributed by atoms with Crippen LogP contribution in [0.5, 0.6) is 0 Å². The van der Waals surface area contributed by atoms with Crippen LogP contribution in [0.3, 0.4) is 0 Å². The third-order valence-electron chi connectivity index (χ3n) is 4.62. The lowest BCUT2D eigenvalue weighted by Gasteiger charge is -2.37. The van der Waals surface area contributed by atoms with Crippen molar-refractivity contribution in [3.8, 4) is 0 Å². The molecule has 0 bridgehead atoms. The fourth-order valence-corrected chi connectivity index (χ4v) is 3.67. The second-order valence-corrected chi connectivity index (χ2v) is 5.83. The Morgan fingerprint density at radius 2 is 2.06 bits per heavy atom. The number of rotatable bonds is 3. The number of fused-ring (bicyclic) bond motifs is 1. The molecule has 4 nitrogen and oxygen atoms in total. The molecule has 1 N–H and O–H groups in total. The minimum atomic E-state index is 0.294. The molecule has 0 radical (unpaired) electrons. The first-order valence-electron chi connectivity index (χ1n) is 7.49. The number of aryl methyl sites for hydroxylation is 1. The fourth-order valence-electron chi connectivity index (χ4n) is 3.67. The minimum absolute atomic E-state index is 0.294. The molecule has 1 saturated heterocycles. The molecule has 0 saturated carbocycles. The zero-order chi connectivity index (χ0) is 12.4. The largest absolute Gasteiger partial charge is 0.317 e. The minimum Gasteiger partial charge on any atom is -0.317 e. The molecule has 100 valence electrons.